The van der Waals surface area contributed by atoms with Gasteiger partial charge in [-0.25, -0.2) is 4.39 Å². The predicted molar refractivity (Wildman–Crippen MR) is 84.2 cm³/mol. The van der Waals surface area contributed by atoms with Crippen molar-refractivity contribution < 1.29 is 13.9 Å². The van der Waals surface area contributed by atoms with Crippen LogP contribution >= 0.6 is 0 Å². The van der Waals surface area contributed by atoms with E-state index in [9.17, 15) is 4.39 Å². The summed E-state index contributed by atoms with van der Waals surface area (Å²) in [6.07, 6.45) is 0. The summed E-state index contributed by atoms with van der Waals surface area (Å²) in [7, 11) is 0. The minimum atomic E-state index is -0.252. The standard InChI is InChI=1S/C16H27FN2O2/c1-4-20-11-9-19(10-12-21-5-2)16-14(13(3)18)7-6-8-15(16)17/h6-8,13H,4-5,9-12,18H2,1-3H3. The first-order valence-corrected chi connectivity index (χ1v) is 7.56. The number of nitrogens with zero attached hydrogens (tertiary/aromatic N) is 1. The zero-order chi connectivity index (χ0) is 15.7. The van der Waals surface area contributed by atoms with E-state index >= 15 is 0 Å². The summed E-state index contributed by atoms with van der Waals surface area (Å²) >= 11 is 0. The van der Waals surface area contributed by atoms with E-state index in [0.29, 0.717) is 45.2 Å². The van der Waals surface area contributed by atoms with Crippen molar-refractivity contribution in [2.75, 3.05) is 44.4 Å². The van der Waals surface area contributed by atoms with Crippen molar-refractivity contribution in [3.05, 3.63) is 29.6 Å². The van der Waals surface area contributed by atoms with Crippen molar-refractivity contribution in [2.45, 2.75) is 26.8 Å². The van der Waals surface area contributed by atoms with Gasteiger partial charge in [0, 0.05) is 32.3 Å². The second kappa shape index (κ2) is 9.71. The van der Waals surface area contributed by atoms with Crippen molar-refractivity contribution >= 4 is 5.69 Å². The Labute approximate surface area is 127 Å². The molecule has 1 atom stereocenters. The lowest BCUT2D eigenvalue weighted by atomic mass is 10.1. The smallest absolute Gasteiger partial charge is 0.146 e. The molecule has 2 N–H and O–H groups in total. The quantitative estimate of drug-likeness (QED) is 0.675. The molecule has 0 heterocycles. The van der Waals surface area contributed by atoms with Crippen LogP contribution in [0, 0.1) is 5.82 Å². The first kappa shape index (κ1) is 17.9. The van der Waals surface area contributed by atoms with E-state index in [1.54, 1.807) is 6.07 Å². The van der Waals surface area contributed by atoms with E-state index in [-0.39, 0.29) is 11.9 Å². The third kappa shape index (κ3) is 5.61. The third-order valence-corrected chi connectivity index (χ3v) is 3.24. The topological polar surface area (TPSA) is 47.7 Å². The van der Waals surface area contributed by atoms with Crippen LogP contribution in [0.5, 0.6) is 0 Å². The molecule has 0 spiro atoms. The molecule has 0 aliphatic rings. The molecule has 21 heavy (non-hydrogen) atoms. The lowest BCUT2D eigenvalue weighted by Crippen LogP contribution is -2.33. The molecule has 0 aliphatic carbocycles. The molecular weight excluding hydrogens is 271 g/mol. The van der Waals surface area contributed by atoms with E-state index in [1.807, 2.05) is 31.7 Å². The van der Waals surface area contributed by atoms with E-state index in [4.69, 9.17) is 15.2 Å². The highest BCUT2D eigenvalue weighted by molar-refractivity contribution is 5.56. The van der Waals surface area contributed by atoms with Crippen LogP contribution in [0.3, 0.4) is 0 Å². The number of benzene rings is 1. The molecule has 0 bridgehead atoms. The van der Waals surface area contributed by atoms with Crippen LogP contribution in [0.15, 0.2) is 18.2 Å². The average molecular weight is 298 g/mol. The molecule has 0 radical (unpaired) electrons. The van der Waals surface area contributed by atoms with E-state index in [0.717, 1.165) is 5.56 Å². The summed E-state index contributed by atoms with van der Waals surface area (Å²) in [5.74, 6) is -0.252. The van der Waals surface area contributed by atoms with Crippen molar-refractivity contribution in [3.63, 3.8) is 0 Å². The summed E-state index contributed by atoms with van der Waals surface area (Å²) in [6, 6.07) is 4.81. The van der Waals surface area contributed by atoms with Gasteiger partial charge in [-0.2, -0.15) is 0 Å². The molecule has 0 saturated carbocycles. The Morgan fingerprint density at radius 3 is 2.19 bits per heavy atom. The summed E-state index contributed by atoms with van der Waals surface area (Å²) in [5.41, 5.74) is 7.35. The van der Waals surface area contributed by atoms with E-state index in [1.165, 1.54) is 6.07 Å². The van der Waals surface area contributed by atoms with Gasteiger partial charge >= 0.3 is 0 Å². The minimum Gasteiger partial charge on any atom is -0.380 e. The number of halogens is 1. The maximum absolute atomic E-state index is 14.3. The fourth-order valence-electron chi connectivity index (χ4n) is 2.21. The Balaban J connectivity index is 2.94. The van der Waals surface area contributed by atoms with Gasteiger partial charge in [0.25, 0.3) is 0 Å². The highest BCUT2D eigenvalue weighted by Gasteiger charge is 2.18. The molecule has 1 unspecified atom stereocenters. The Morgan fingerprint density at radius 1 is 1.14 bits per heavy atom. The van der Waals surface area contributed by atoms with E-state index < -0.39 is 0 Å². The summed E-state index contributed by atoms with van der Waals surface area (Å²) in [6.45, 7) is 9.38. The number of ether oxygens (including phenoxy) is 2. The number of para-hydroxylation sites is 1. The molecule has 120 valence electrons. The molecule has 0 aliphatic heterocycles. The monoisotopic (exact) mass is 298 g/mol. The van der Waals surface area contributed by atoms with Gasteiger partial charge in [0.05, 0.1) is 18.9 Å². The highest BCUT2D eigenvalue weighted by atomic mass is 19.1. The normalized spacial score (nSPS) is 12.4. The van der Waals surface area contributed by atoms with Gasteiger partial charge in [-0.15, -0.1) is 0 Å². The Hall–Kier alpha value is -1.17. The average Bonchev–Trinajstić information content (AvgIpc) is 2.46. The number of anilines is 1. The van der Waals surface area contributed by atoms with Gasteiger partial charge in [0.15, 0.2) is 0 Å². The van der Waals surface area contributed by atoms with Gasteiger partial charge in [0.2, 0.25) is 0 Å². The van der Waals surface area contributed by atoms with Crippen LogP contribution in [0.2, 0.25) is 0 Å². The maximum Gasteiger partial charge on any atom is 0.146 e. The molecule has 4 nitrogen and oxygen atoms in total. The Bertz CT molecular complexity index is 403. The predicted octanol–water partition coefficient (Wildman–Crippen LogP) is 2.72. The van der Waals surface area contributed by atoms with Crippen molar-refractivity contribution in [2.24, 2.45) is 5.73 Å². The zero-order valence-corrected chi connectivity index (χ0v) is 13.3. The number of hydrogen-bond donors (Lipinski definition) is 1. The Morgan fingerprint density at radius 2 is 1.71 bits per heavy atom. The van der Waals surface area contributed by atoms with Crippen molar-refractivity contribution in [1.29, 1.82) is 0 Å². The van der Waals surface area contributed by atoms with Gasteiger partial charge in [0.1, 0.15) is 5.82 Å². The largest absolute Gasteiger partial charge is 0.380 e. The maximum atomic E-state index is 14.3. The van der Waals surface area contributed by atoms with Crippen LogP contribution < -0.4 is 10.6 Å². The summed E-state index contributed by atoms with van der Waals surface area (Å²) < 4.78 is 25.1. The SMILES string of the molecule is CCOCCN(CCOCC)c1c(F)cccc1C(C)N. The summed E-state index contributed by atoms with van der Waals surface area (Å²) in [5, 5.41) is 0. The fourth-order valence-corrected chi connectivity index (χ4v) is 2.21. The lowest BCUT2D eigenvalue weighted by molar-refractivity contribution is 0.141. The Kier molecular flexibility index (Phi) is 8.27. The lowest BCUT2D eigenvalue weighted by Gasteiger charge is -2.28. The van der Waals surface area contributed by atoms with Crippen LogP contribution in [-0.2, 0) is 9.47 Å². The van der Waals surface area contributed by atoms with Crippen molar-refractivity contribution in [1.82, 2.24) is 0 Å². The van der Waals surface area contributed by atoms with Crippen LogP contribution in [-0.4, -0.2) is 39.5 Å². The first-order valence-electron chi connectivity index (χ1n) is 7.56. The van der Waals surface area contributed by atoms with Crippen LogP contribution in [0.4, 0.5) is 10.1 Å². The van der Waals surface area contributed by atoms with Crippen LogP contribution in [0.1, 0.15) is 32.4 Å². The van der Waals surface area contributed by atoms with Gasteiger partial charge < -0.3 is 20.1 Å². The minimum absolute atomic E-state index is 0.225. The number of hydrogen-bond acceptors (Lipinski definition) is 4. The van der Waals surface area contributed by atoms with Gasteiger partial charge in [-0.3, -0.25) is 0 Å². The van der Waals surface area contributed by atoms with Gasteiger partial charge in [-0.1, -0.05) is 12.1 Å². The third-order valence-electron chi connectivity index (χ3n) is 3.24. The molecule has 5 heteroatoms. The first-order chi connectivity index (χ1) is 10.1. The molecule has 0 amide bonds. The number of rotatable bonds is 10. The molecule has 0 fully saturated rings. The number of nitrogens with two attached hydrogens (primary N) is 1. The molecular formula is C16H27FN2O2. The van der Waals surface area contributed by atoms with Gasteiger partial charge in [-0.05, 0) is 32.4 Å². The summed E-state index contributed by atoms with van der Waals surface area (Å²) in [4.78, 5) is 1.96. The molecule has 1 rings (SSSR count). The van der Waals surface area contributed by atoms with E-state index in [2.05, 4.69) is 0 Å². The molecule has 1 aromatic rings. The van der Waals surface area contributed by atoms with Crippen LogP contribution in [0.25, 0.3) is 0 Å². The fraction of sp³-hybridized carbons (Fsp3) is 0.625. The zero-order valence-electron chi connectivity index (χ0n) is 13.3. The second-order valence-electron chi connectivity index (χ2n) is 4.85. The molecule has 0 saturated heterocycles. The molecule has 1 aromatic carbocycles. The second-order valence-corrected chi connectivity index (χ2v) is 4.85. The highest BCUT2D eigenvalue weighted by Crippen LogP contribution is 2.28. The molecule has 0 aromatic heterocycles. The van der Waals surface area contributed by atoms with Crippen molar-refractivity contribution in [3.8, 4) is 0 Å².